The minimum absolute atomic E-state index is 0.144. The van der Waals surface area contributed by atoms with Gasteiger partial charge in [0.15, 0.2) is 0 Å². The van der Waals surface area contributed by atoms with Crippen LogP contribution in [0.4, 0.5) is 9.59 Å². The van der Waals surface area contributed by atoms with Gasteiger partial charge in [0, 0.05) is 25.2 Å². The van der Waals surface area contributed by atoms with Crippen molar-refractivity contribution in [3.05, 3.63) is 53.1 Å². The van der Waals surface area contributed by atoms with E-state index >= 15 is 0 Å². The van der Waals surface area contributed by atoms with Gasteiger partial charge in [0.25, 0.3) is 0 Å². The Labute approximate surface area is 325 Å². The molecule has 55 heavy (non-hydrogen) atoms. The lowest BCUT2D eigenvalue weighted by molar-refractivity contribution is -0.140. The summed E-state index contributed by atoms with van der Waals surface area (Å²) in [5.41, 5.74) is 0.862. The predicted molar refractivity (Wildman–Crippen MR) is 207 cm³/mol. The Balaban J connectivity index is 1.33. The van der Waals surface area contributed by atoms with Crippen molar-refractivity contribution in [2.75, 3.05) is 13.1 Å². The van der Waals surface area contributed by atoms with Gasteiger partial charge in [-0.25, -0.2) is 14.6 Å². The minimum Gasteiger partial charge on any atom is -0.444 e. The molecule has 1 aromatic carbocycles. The maximum atomic E-state index is 13.7. The largest absolute Gasteiger partial charge is 0.444 e. The zero-order chi connectivity index (χ0) is 40.7. The van der Waals surface area contributed by atoms with Gasteiger partial charge >= 0.3 is 12.2 Å². The van der Waals surface area contributed by atoms with Gasteiger partial charge in [0.2, 0.25) is 17.7 Å². The number of nitrogens with zero attached hydrogens (tertiary/aromatic N) is 3. The summed E-state index contributed by atoms with van der Waals surface area (Å²) in [5.74, 6) is 5.83. The highest BCUT2D eigenvalue weighted by atomic mass is 16.6. The Morgan fingerprint density at radius 3 is 1.87 bits per heavy atom. The van der Waals surface area contributed by atoms with Crippen molar-refractivity contribution in [3.8, 4) is 11.8 Å². The average molecular weight is 762 g/mol. The first-order chi connectivity index (χ1) is 25.7. The van der Waals surface area contributed by atoms with E-state index in [-0.39, 0.29) is 42.1 Å². The first-order valence-electron chi connectivity index (χ1n) is 19.3. The van der Waals surface area contributed by atoms with E-state index in [0.29, 0.717) is 37.4 Å². The minimum atomic E-state index is -0.816. The second-order valence-electron chi connectivity index (χ2n) is 17.0. The zero-order valence-corrected chi connectivity index (χ0v) is 34.0. The molecule has 4 N–H and O–H groups in total. The molecule has 300 valence electrons. The van der Waals surface area contributed by atoms with Crippen molar-refractivity contribution >= 4 is 29.9 Å². The van der Waals surface area contributed by atoms with Crippen molar-refractivity contribution in [3.63, 3.8) is 0 Å². The van der Waals surface area contributed by atoms with Crippen molar-refractivity contribution in [1.82, 2.24) is 35.7 Å². The second-order valence-corrected chi connectivity index (χ2v) is 17.0. The van der Waals surface area contributed by atoms with Crippen molar-refractivity contribution in [2.24, 2.45) is 11.8 Å². The van der Waals surface area contributed by atoms with Crippen LogP contribution in [-0.2, 0) is 30.4 Å². The van der Waals surface area contributed by atoms with E-state index in [0.717, 1.165) is 24.0 Å². The van der Waals surface area contributed by atoms with Crippen molar-refractivity contribution in [2.45, 2.75) is 137 Å². The van der Waals surface area contributed by atoms with Gasteiger partial charge in [-0.3, -0.25) is 14.4 Å². The smallest absolute Gasteiger partial charge is 0.408 e. The fraction of sp³-hybridized carbons (Fsp3) is 0.610. The third-order valence-corrected chi connectivity index (χ3v) is 9.26. The highest BCUT2D eigenvalue weighted by Crippen LogP contribution is 2.31. The molecule has 0 aliphatic carbocycles. The molecule has 2 aromatic rings. The van der Waals surface area contributed by atoms with E-state index in [2.05, 4.69) is 37.8 Å². The molecule has 0 saturated carbocycles. The molecule has 4 rings (SSSR count). The molecule has 2 saturated heterocycles. The SMILES string of the molecule is CC(C)C(NC(=O)OC(C)(C)C)C(=O)N1CCCC1C(=O)NCc1ccc(C#Cc2cnc(C3CCCN3C(=O)C(NC(=O)OC(C)(C)C)C(C)C)[nH]2)cc1. The van der Waals surface area contributed by atoms with Crippen molar-refractivity contribution in [1.29, 1.82) is 0 Å². The summed E-state index contributed by atoms with van der Waals surface area (Å²) in [6.07, 6.45) is 3.14. The van der Waals surface area contributed by atoms with E-state index in [9.17, 15) is 24.0 Å². The quantitative estimate of drug-likeness (QED) is 0.240. The number of rotatable bonds is 10. The van der Waals surface area contributed by atoms with Crippen LogP contribution in [0.3, 0.4) is 0 Å². The fourth-order valence-corrected chi connectivity index (χ4v) is 6.59. The van der Waals surface area contributed by atoms with E-state index in [1.54, 1.807) is 57.5 Å². The van der Waals surface area contributed by atoms with Crippen LogP contribution in [0.2, 0.25) is 0 Å². The Morgan fingerprint density at radius 2 is 1.33 bits per heavy atom. The summed E-state index contributed by atoms with van der Waals surface area (Å²) in [6, 6.07) is 5.07. The number of aromatic amines is 1. The molecular weight excluding hydrogens is 702 g/mol. The number of benzene rings is 1. The average Bonchev–Trinajstić information content (AvgIpc) is 3.87. The number of hydrogen-bond donors (Lipinski definition) is 4. The third-order valence-electron chi connectivity index (χ3n) is 9.26. The lowest BCUT2D eigenvalue weighted by atomic mass is 10.0. The molecular formula is C41H59N7O7. The third kappa shape index (κ3) is 12.2. The van der Waals surface area contributed by atoms with E-state index < -0.39 is 41.5 Å². The molecule has 0 radical (unpaired) electrons. The Hall–Kier alpha value is -5.06. The standard InChI is InChI=1S/C41H59N7O7/c1-25(2)32(45-38(52)54-40(5,6)7)36(50)47-21-11-13-30(47)34-42-24-29(44-34)20-19-27-15-17-28(18-16-27)23-43-35(49)31-14-12-22-48(31)37(51)33(26(3)4)46-39(53)55-41(8,9)10/h15-18,24-26,30-33H,11-14,21-23H2,1-10H3,(H,42,44)(H,43,49)(H,45,52)(H,46,53). The molecule has 4 atom stereocenters. The summed E-state index contributed by atoms with van der Waals surface area (Å²) < 4.78 is 10.8. The van der Waals surface area contributed by atoms with Gasteiger partial charge < -0.3 is 40.2 Å². The van der Waals surface area contributed by atoms with Crippen LogP contribution in [0, 0.1) is 23.7 Å². The monoisotopic (exact) mass is 761 g/mol. The number of likely N-dealkylation sites (tertiary alicyclic amines) is 2. The first kappa shape index (κ1) is 42.7. The van der Waals surface area contributed by atoms with Crippen LogP contribution < -0.4 is 16.0 Å². The number of amides is 5. The maximum absolute atomic E-state index is 13.7. The summed E-state index contributed by atoms with van der Waals surface area (Å²) in [7, 11) is 0. The number of H-pyrrole nitrogens is 1. The number of ether oxygens (including phenoxy) is 2. The van der Waals surface area contributed by atoms with Crippen LogP contribution >= 0.6 is 0 Å². The molecule has 0 bridgehead atoms. The fourth-order valence-electron chi connectivity index (χ4n) is 6.59. The predicted octanol–water partition coefficient (Wildman–Crippen LogP) is 5.18. The van der Waals surface area contributed by atoms with Crippen LogP contribution in [0.25, 0.3) is 0 Å². The lowest BCUT2D eigenvalue weighted by Crippen LogP contribution is -2.55. The Bertz CT molecular complexity index is 1740. The molecule has 2 fully saturated rings. The molecule has 2 aliphatic rings. The number of alkyl carbamates (subject to hydrolysis) is 2. The van der Waals surface area contributed by atoms with Gasteiger partial charge in [0.05, 0.1) is 12.2 Å². The normalized spacial score (nSPS) is 18.3. The summed E-state index contributed by atoms with van der Waals surface area (Å²) >= 11 is 0. The number of nitrogens with one attached hydrogen (secondary N) is 4. The van der Waals surface area contributed by atoms with Gasteiger partial charge in [-0.15, -0.1) is 0 Å². The lowest BCUT2D eigenvalue weighted by Gasteiger charge is -2.31. The Kier molecular flexibility index (Phi) is 14.0. The number of carbonyl (C=O) groups is 5. The van der Waals surface area contributed by atoms with Crippen LogP contribution in [0.1, 0.15) is 124 Å². The van der Waals surface area contributed by atoms with E-state index in [4.69, 9.17) is 9.47 Å². The highest BCUT2D eigenvalue weighted by molar-refractivity contribution is 5.92. The summed E-state index contributed by atoms with van der Waals surface area (Å²) in [6.45, 7) is 19.3. The van der Waals surface area contributed by atoms with Gasteiger partial charge in [0.1, 0.15) is 40.8 Å². The molecule has 0 spiro atoms. The number of hydrogen-bond acceptors (Lipinski definition) is 8. The highest BCUT2D eigenvalue weighted by Gasteiger charge is 2.40. The summed E-state index contributed by atoms with van der Waals surface area (Å²) in [4.78, 5) is 76.6. The van der Waals surface area contributed by atoms with Crippen LogP contribution in [-0.4, -0.2) is 92.1 Å². The van der Waals surface area contributed by atoms with E-state index in [1.165, 1.54) is 0 Å². The molecule has 2 aliphatic heterocycles. The second kappa shape index (κ2) is 18.0. The van der Waals surface area contributed by atoms with Gasteiger partial charge in [-0.05, 0) is 103 Å². The molecule has 1 aromatic heterocycles. The molecule has 4 unspecified atom stereocenters. The maximum Gasteiger partial charge on any atom is 0.408 e. The summed E-state index contributed by atoms with van der Waals surface area (Å²) in [5, 5.41) is 8.43. The van der Waals surface area contributed by atoms with Crippen LogP contribution in [0.15, 0.2) is 30.5 Å². The number of aromatic nitrogens is 2. The number of carbonyl (C=O) groups excluding carboxylic acids is 5. The molecule has 14 nitrogen and oxygen atoms in total. The molecule has 3 heterocycles. The zero-order valence-electron chi connectivity index (χ0n) is 34.0. The van der Waals surface area contributed by atoms with Gasteiger partial charge in [-0.2, -0.15) is 0 Å². The van der Waals surface area contributed by atoms with Crippen molar-refractivity contribution < 1.29 is 33.4 Å². The molecule has 14 heteroatoms. The Morgan fingerprint density at radius 1 is 0.800 bits per heavy atom. The van der Waals surface area contributed by atoms with Crippen LogP contribution in [0.5, 0.6) is 0 Å². The first-order valence-corrected chi connectivity index (χ1v) is 19.3. The topological polar surface area (TPSA) is 175 Å². The van der Waals surface area contributed by atoms with Gasteiger partial charge in [-0.1, -0.05) is 45.7 Å². The number of imidazole rings is 1. The molecule has 5 amide bonds. The van der Waals surface area contributed by atoms with E-state index in [1.807, 2.05) is 52.0 Å².